The SMILES string of the molecule is CCOC(=O)[C@H]1C(=O)NC(N2CCN(c3ccccc3F)CC2)=N[C@@H]1c1ccccc1. The van der Waals surface area contributed by atoms with Crippen molar-refractivity contribution < 1.29 is 18.7 Å². The summed E-state index contributed by atoms with van der Waals surface area (Å²) in [6.45, 7) is 4.22. The Balaban J connectivity index is 1.55. The van der Waals surface area contributed by atoms with Gasteiger partial charge in [0.05, 0.1) is 12.3 Å². The number of carbonyl (C=O) groups excluding carboxylic acids is 2. The number of nitrogens with zero attached hydrogens (tertiary/aromatic N) is 3. The molecule has 2 aliphatic rings. The number of hydrogen-bond donors (Lipinski definition) is 1. The van der Waals surface area contributed by atoms with Crippen molar-refractivity contribution in [3.8, 4) is 0 Å². The largest absolute Gasteiger partial charge is 0.465 e. The molecule has 8 heteroatoms. The highest BCUT2D eigenvalue weighted by atomic mass is 19.1. The van der Waals surface area contributed by atoms with E-state index in [1.165, 1.54) is 6.07 Å². The van der Waals surface area contributed by atoms with Crippen LogP contribution in [0.3, 0.4) is 0 Å². The van der Waals surface area contributed by atoms with Gasteiger partial charge in [-0.05, 0) is 24.6 Å². The first-order valence-electron chi connectivity index (χ1n) is 10.4. The maximum atomic E-state index is 14.1. The van der Waals surface area contributed by atoms with Crippen LogP contribution in [0.25, 0.3) is 0 Å². The smallest absolute Gasteiger partial charge is 0.321 e. The quantitative estimate of drug-likeness (QED) is 0.603. The fourth-order valence-corrected chi connectivity index (χ4v) is 3.98. The van der Waals surface area contributed by atoms with Crippen molar-refractivity contribution in [3.63, 3.8) is 0 Å². The zero-order chi connectivity index (χ0) is 21.8. The van der Waals surface area contributed by atoms with Gasteiger partial charge in [0.15, 0.2) is 5.92 Å². The summed E-state index contributed by atoms with van der Waals surface area (Å²) in [4.78, 5) is 34.1. The molecule has 2 aliphatic heterocycles. The summed E-state index contributed by atoms with van der Waals surface area (Å²) in [5.41, 5.74) is 1.35. The Bertz CT molecular complexity index is 974. The Kier molecular flexibility index (Phi) is 6.16. The second-order valence-corrected chi connectivity index (χ2v) is 7.45. The van der Waals surface area contributed by atoms with Crippen LogP contribution >= 0.6 is 0 Å². The van der Waals surface area contributed by atoms with Crippen LogP contribution in [0.4, 0.5) is 10.1 Å². The first-order chi connectivity index (χ1) is 15.1. The fraction of sp³-hybridized carbons (Fsp3) is 0.348. The standard InChI is InChI=1S/C23H25FN4O3/c1-2-31-22(30)19-20(16-8-4-3-5-9-16)25-23(26-21(19)29)28-14-12-27(13-15-28)18-11-7-6-10-17(18)24/h3-11,19-20H,2,12-15H2,1H3,(H,25,26,29)/t19-,20-/m1/s1. The average molecular weight is 424 g/mol. The maximum absolute atomic E-state index is 14.1. The Morgan fingerprint density at radius 1 is 1.06 bits per heavy atom. The Labute approximate surface area is 180 Å². The number of ether oxygens (including phenoxy) is 1. The number of rotatable bonds is 4. The molecule has 2 atom stereocenters. The highest BCUT2D eigenvalue weighted by molar-refractivity contribution is 6.08. The van der Waals surface area contributed by atoms with Gasteiger partial charge >= 0.3 is 5.97 Å². The summed E-state index contributed by atoms with van der Waals surface area (Å²) in [6, 6.07) is 15.3. The first kappa shape index (κ1) is 20.8. The van der Waals surface area contributed by atoms with Crippen LogP contribution in [-0.4, -0.2) is 55.5 Å². The Hall–Kier alpha value is -3.42. The van der Waals surface area contributed by atoms with Crippen molar-refractivity contribution in [2.45, 2.75) is 13.0 Å². The van der Waals surface area contributed by atoms with Gasteiger partial charge in [-0.25, -0.2) is 9.38 Å². The topological polar surface area (TPSA) is 74.2 Å². The van der Waals surface area contributed by atoms with Crippen molar-refractivity contribution in [3.05, 3.63) is 66.0 Å². The van der Waals surface area contributed by atoms with E-state index in [9.17, 15) is 14.0 Å². The van der Waals surface area contributed by atoms with E-state index in [0.717, 1.165) is 5.56 Å². The fourth-order valence-electron chi connectivity index (χ4n) is 3.98. The number of piperazine rings is 1. The molecule has 2 aromatic rings. The molecule has 0 aromatic heterocycles. The summed E-state index contributed by atoms with van der Waals surface area (Å²) in [5, 5.41) is 2.78. The third-order valence-corrected chi connectivity index (χ3v) is 5.55. The molecule has 2 heterocycles. The summed E-state index contributed by atoms with van der Waals surface area (Å²) < 4.78 is 19.3. The molecule has 0 saturated carbocycles. The minimum Gasteiger partial charge on any atom is -0.465 e. The number of benzene rings is 2. The zero-order valence-corrected chi connectivity index (χ0v) is 17.3. The van der Waals surface area contributed by atoms with Crippen molar-refractivity contribution >= 4 is 23.5 Å². The lowest BCUT2D eigenvalue weighted by Crippen LogP contribution is -2.57. The van der Waals surface area contributed by atoms with Crippen LogP contribution in [0.1, 0.15) is 18.5 Å². The molecule has 2 aromatic carbocycles. The predicted octanol–water partition coefficient (Wildman–Crippen LogP) is 2.35. The van der Waals surface area contributed by atoms with Gasteiger partial charge in [0.2, 0.25) is 11.9 Å². The summed E-state index contributed by atoms with van der Waals surface area (Å²) in [5.74, 6) is -1.85. The highest BCUT2D eigenvalue weighted by Crippen LogP contribution is 2.31. The van der Waals surface area contributed by atoms with Crippen LogP contribution in [0.5, 0.6) is 0 Å². The monoisotopic (exact) mass is 424 g/mol. The first-order valence-corrected chi connectivity index (χ1v) is 10.4. The molecule has 1 amide bonds. The molecule has 31 heavy (non-hydrogen) atoms. The molecule has 162 valence electrons. The zero-order valence-electron chi connectivity index (χ0n) is 17.3. The van der Waals surface area contributed by atoms with Crippen LogP contribution in [0, 0.1) is 11.7 Å². The maximum Gasteiger partial charge on any atom is 0.321 e. The molecule has 0 unspecified atom stereocenters. The van der Waals surface area contributed by atoms with Gasteiger partial charge < -0.3 is 14.5 Å². The van der Waals surface area contributed by atoms with E-state index >= 15 is 0 Å². The van der Waals surface area contributed by atoms with Crippen molar-refractivity contribution in [2.24, 2.45) is 10.9 Å². The number of para-hydroxylation sites is 1. The number of esters is 1. The van der Waals surface area contributed by atoms with Gasteiger partial charge in [-0.1, -0.05) is 42.5 Å². The molecule has 1 saturated heterocycles. The van der Waals surface area contributed by atoms with E-state index in [0.29, 0.717) is 37.8 Å². The van der Waals surface area contributed by atoms with Crippen LogP contribution in [0.2, 0.25) is 0 Å². The number of anilines is 1. The minimum absolute atomic E-state index is 0.193. The molecule has 0 radical (unpaired) electrons. The van der Waals surface area contributed by atoms with Gasteiger partial charge in [0.25, 0.3) is 0 Å². The third kappa shape index (κ3) is 4.38. The average Bonchev–Trinajstić information content (AvgIpc) is 2.80. The van der Waals surface area contributed by atoms with Crippen LogP contribution < -0.4 is 10.2 Å². The number of hydrogen-bond acceptors (Lipinski definition) is 6. The molecule has 0 spiro atoms. The predicted molar refractivity (Wildman–Crippen MR) is 115 cm³/mol. The molecule has 1 fully saturated rings. The van der Waals surface area contributed by atoms with Gasteiger partial charge in [0, 0.05) is 26.2 Å². The summed E-state index contributed by atoms with van der Waals surface area (Å²) in [6.07, 6.45) is 0. The van der Waals surface area contributed by atoms with Gasteiger partial charge in [-0.15, -0.1) is 0 Å². The number of aliphatic imine (C=N–C) groups is 1. The minimum atomic E-state index is -1.04. The van der Waals surface area contributed by atoms with Crippen LogP contribution in [-0.2, 0) is 14.3 Å². The molecule has 7 nitrogen and oxygen atoms in total. The Morgan fingerprint density at radius 3 is 2.39 bits per heavy atom. The summed E-state index contributed by atoms with van der Waals surface area (Å²) in [7, 11) is 0. The second kappa shape index (κ2) is 9.16. The van der Waals surface area contributed by atoms with E-state index < -0.39 is 23.8 Å². The number of nitrogens with one attached hydrogen (secondary N) is 1. The lowest BCUT2D eigenvalue weighted by molar-refractivity contribution is -0.153. The Morgan fingerprint density at radius 2 is 1.71 bits per heavy atom. The number of guanidine groups is 1. The number of halogens is 1. The van der Waals surface area contributed by atoms with E-state index in [-0.39, 0.29) is 12.4 Å². The van der Waals surface area contributed by atoms with Gasteiger partial charge in [-0.3, -0.25) is 14.9 Å². The van der Waals surface area contributed by atoms with E-state index in [2.05, 4.69) is 5.32 Å². The van der Waals surface area contributed by atoms with Crippen LogP contribution in [0.15, 0.2) is 59.6 Å². The van der Waals surface area contributed by atoms with Crippen molar-refractivity contribution in [2.75, 3.05) is 37.7 Å². The van der Waals surface area contributed by atoms with Gasteiger partial charge in [0.1, 0.15) is 11.9 Å². The van der Waals surface area contributed by atoms with Crippen molar-refractivity contribution in [1.29, 1.82) is 0 Å². The second-order valence-electron chi connectivity index (χ2n) is 7.45. The lowest BCUT2D eigenvalue weighted by Gasteiger charge is -2.39. The molecule has 1 N–H and O–H groups in total. The lowest BCUT2D eigenvalue weighted by atomic mass is 9.91. The van der Waals surface area contributed by atoms with E-state index in [1.807, 2.05) is 46.2 Å². The van der Waals surface area contributed by atoms with E-state index in [1.54, 1.807) is 19.1 Å². The van der Waals surface area contributed by atoms with Crippen molar-refractivity contribution in [1.82, 2.24) is 10.2 Å². The highest BCUT2D eigenvalue weighted by Gasteiger charge is 2.42. The third-order valence-electron chi connectivity index (χ3n) is 5.55. The molecule has 0 aliphatic carbocycles. The molecule has 4 rings (SSSR count). The number of carbonyl (C=O) groups is 2. The normalized spacial score (nSPS) is 21.4. The number of amides is 1. The van der Waals surface area contributed by atoms with Gasteiger partial charge in [-0.2, -0.15) is 0 Å². The van der Waals surface area contributed by atoms with E-state index in [4.69, 9.17) is 9.73 Å². The molecule has 0 bridgehead atoms. The molecular weight excluding hydrogens is 399 g/mol. The molecular formula is C23H25FN4O3. The summed E-state index contributed by atoms with van der Waals surface area (Å²) >= 11 is 0.